The van der Waals surface area contributed by atoms with Crippen molar-refractivity contribution in [2.45, 2.75) is 44.8 Å². The number of halogens is 2. The number of carbonyl (C=O) groups is 2. The molecule has 0 bridgehead atoms. The minimum Gasteiger partial charge on any atom is -0.351 e. The summed E-state index contributed by atoms with van der Waals surface area (Å²) in [5, 5.41) is 5.23. The molecule has 49 heavy (non-hydrogen) atoms. The molecule has 0 saturated carbocycles. The number of carbonyl (C=O) groups excluding carboxylic acids is 2. The molecule has 1 aliphatic heterocycles. The number of likely N-dealkylation sites (tertiary alicyclic amines) is 1. The monoisotopic (exact) mass is 696 g/mol. The minimum absolute atomic E-state index is 0. The fourth-order valence-electron chi connectivity index (χ4n) is 6.89. The van der Waals surface area contributed by atoms with E-state index >= 15 is 0 Å². The van der Waals surface area contributed by atoms with Gasteiger partial charge in [-0.05, 0) is 70.5 Å². The topological polar surface area (TPSA) is 78.7 Å². The number of hydrogen-bond acceptors (Lipinski definition) is 4. The second kappa shape index (κ2) is 18.0. The highest BCUT2D eigenvalue weighted by molar-refractivity contribution is 6.01. The molecule has 1 aliphatic rings. The lowest BCUT2D eigenvalue weighted by Crippen LogP contribution is -2.48. The summed E-state index contributed by atoms with van der Waals surface area (Å²) in [6, 6.07) is 41.2. The number of fused-ring (bicyclic) bond motifs is 1. The molecule has 0 radical (unpaired) electrons. The third kappa shape index (κ3) is 9.28. The zero-order chi connectivity index (χ0) is 32.6. The second-order valence-electron chi connectivity index (χ2n) is 12.5. The van der Waals surface area contributed by atoms with Crippen LogP contribution in [0.4, 0.5) is 0 Å². The van der Waals surface area contributed by atoms with Crippen molar-refractivity contribution < 1.29 is 9.59 Å². The predicted octanol–water partition coefficient (Wildman–Crippen LogP) is 7.84. The Hall–Kier alpha value is -4.20. The molecule has 5 aromatic carbocycles. The van der Waals surface area contributed by atoms with Crippen LogP contribution in [0, 0.1) is 0 Å². The average Bonchev–Trinajstić information content (AvgIpc) is 3.12. The molecule has 0 aliphatic carbocycles. The summed E-state index contributed by atoms with van der Waals surface area (Å²) in [6.07, 6.45) is 2.19. The minimum atomic E-state index is -0.146. The summed E-state index contributed by atoms with van der Waals surface area (Å²) < 4.78 is 0. The third-order valence-electron chi connectivity index (χ3n) is 9.36. The summed E-state index contributed by atoms with van der Waals surface area (Å²) in [5.41, 5.74) is 11.5. The van der Waals surface area contributed by atoms with Crippen LogP contribution in [-0.4, -0.2) is 53.8 Å². The van der Waals surface area contributed by atoms with E-state index in [0.717, 1.165) is 60.1 Å². The first-order valence-electron chi connectivity index (χ1n) is 16.7. The molecule has 1 saturated heterocycles. The normalized spacial score (nSPS) is 13.9. The Morgan fingerprint density at radius 2 is 1.49 bits per heavy atom. The number of rotatable bonds is 11. The lowest BCUT2D eigenvalue weighted by Gasteiger charge is -2.42. The van der Waals surface area contributed by atoms with Gasteiger partial charge in [0.15, 0.2) is 0 Å². The Balaban J connectivity index is 0.00000270. The fourth-order valence-corrected chi connectivity index (χ4v) is 6.89. The number of piperidine rings is 1. The van der Waals surface area contributed by atoms with E-state index in [-0.39, 0.29) is 48.7 Å². The summed E-state index contributed by atoms with van der Waals surface area (Å²) in [5.74, 6) is 0.000194. The van der Waals surface area contributed by atoms with Gasteiger partial charge in [0.1, 0.15) is 0 Å². The maximum atomic E-state index is 14.4. The van der Waals surface area contributed by atoms with Gasteiger partial charge < -0.3 is 16.0 Å². The first kappa shape index (κ1) is 37.6. The van der Waals surface area contributed by atoms with Crippen LogP contribution in [-0.2, 0) is 17.8 Å². The number of hydrogen-bond donors (Lipinski definition) is 2. The van der Waals surface area contributed by atoms with Gasteiger partial charge in [0.2, 0.25) is 5.91 Å². The van der Waals surface area contributed by atoms with Crippen molar-refractivity contribution in [3.8, 4) is 11.1 Å². The van der Waals surface area contributed by atoms with E-state index in [1.54, 1.807) is 0 Å². The molecule has 8 heteroatoms. The van der Waals surface area contributed by atoms with Crippen LogP contribution in [0.1, 0.15) is 52.9 Å². The van der Waals surface area contributed by atoms with E-state index in [0.29, 0.717) is 25.1 Å². The lowest BCUT2D eigenvalue weighted by molar-refractivity contribution is -0.136. The van der Waals surface area contributed by atoms with Crippen molar-refractivity contribution in [3.05, 3.63) is 144 Å². The van der Waals surface area contributed by atoms with Gasteiger partial charge in [-0.2, -0.15) is 0 Å². The lowest BCUT2D eigenvalue weighted by atomic mass is 9.93. The van der Waals surface area contributed by atoms with Crippen molar-refractivity contribution in [3.63, 3.8) is 0 Å². The standard InChI is InChI=1S/C41H44N4O2.2ClH/c1-30(34-14-9-15-36(28-34)38-16-7-8-17-39(38)41(47)43-23-22-42)45(37-20-24-44(25-21-37)29-31-10-3-2-4-11-31)40(46)27-32-18-19-33-12-5-6-13-35(33)26-32;;/h2-19,26,28,30,37H,20-25,27,29,42H2,1H3,(H,43,47);2*1H. The highest BCUT2D eigenvalue weighted by Crippen LogP contribution is 2.32. The number of benzene rings is 5. The smallest absolute Gasteiger partial charge is 0.251 e. The second-order valence-corrected chi connectivity index (χ2v) is 12.5. The number of nitrogens with one attached hydrogen (secondary N) is 1. The van der Waals surface area contributed by atoms with E-state index in [1.807, 2.05) is 48.5 Å². The summed E-state index contributed by atoms with van der Waals surface area (Å²) >= 11 is 0. The quantitative estimate of drug-likeness (QED) is 0.148. The average molecular weight is 698 g/mol. The Morgan fingerprint density at radius 1 is 0.796 bits per heavy atom. The van der Waals surface area contributed by atoms with Gasteiger partial charge in [0, 0.05) is 44.3 Å². The molecule has 1 atom stereocenters. The molecule has 3 N–H and O–H groups in total. The van der Waals surface area contributed by atoms with Crippen LogP contribution in [0.25, 0.3) is 21.9 Å². The van der Waals surface area contributed by atoms with E-state index in [2.05, 4.69) is 94.8 Å². The maximum absolute atomic E-state index is 14.4. The van der Waals surface area contributed by atoms with Crippen LogP contribution in [0.15, 0.2) is 121 Å². The zero-order valence-corrected chi connectivity index (χ0v) is 29.6. The molecule has 1 unspecified atom stereocenters. The van der Waals surface area contributed by atoms with Crippen molar-refractivity contribution >= 4 is 47.4 Å². The van der Waals surface area contributed by atoms with Gasteiger partial charge in [0.25, 0.3) is 5.91 Å². The highest BCUT2D eigenvalue weighted by atomic mass is 35.5. The molecule has 0 spiro atoms. The first-order valence-corrected chi connectivity index (χ1v) is 16.7. The molecule has 2 amide bonds. The van der Waals surface area contributed by atoms with Crippen LogP contribution < -0.4 is 11.1 Å². The van der Waals surface area contributed by atoms with Gasteiger partial charge in [-0.25, -0.2) is 0 Å². The fraction of sp³-hybridized carbons (Fsp3) is 0.268. The Morgan fingerprint density at radius 3 is 2.24 bits per heavy atom. The molecule has 6 nitrogen and oxygen atoms in total. The summed E-state index contributed by atoms with van der Waals surface area (Å²) in [6.45, 7) is 5.76. The first-order chi connectivity index (χ1) is 23.0. The van der Waals surface area contributed by atoms with E-state index in [1.165, 1.54) is 10.9 Å². The van der Waals surface area contributed by atoms with Gasteiger partial charge in [0.05, 0.1) is 12.5 Å². The van der Waals surface area contributed by atoms with Crippen molar-refractivity contribution in [2.75, 3.05) is 26.2 Å². The van der Waals surface area contributed by atoms with Crippen LogP contribution >= 0.6 is 24.8 Å². The van der Waals surface area contributed by atoms with E-state index in [9.17, 15) is 9.59 Å². The Labute approximate surface area is 302 Å². The van der Waals surface area contributed by atoms with Crippen molar-refractivity contribution in [1.82, 2.24) is 15.1 Å². The predicted molar refractivity (Wildman–Crippen MR) is 205 cm³/mol. The third-order valence-corrected chi connectivity index (χ3v) is 9.36. The van der Waals surface area contributed by atoms with Gasteiger partial charge in [-0.15, -0.1) is 24.8 Å². The van der Waals surface area contributed by atoms with Gasteiger partial charge >= 0.3 is 0 Å². The van der Waals surface area contributed by atoms with Crippen LogP contribution in [0.5, 0.6) is 0 Å². The van der Waals surface area contributed by atoms with E-state index < -0.39 is 0 Å². The van der Waals surface area contributed by atoms with Gasteiger partial charge in [-0.1, -0.05) is 109 Å². The summed E-state index contributed by atoms with van der Waals surface area (Å²) in [7, 11) is 0. The molecule has 6 rings (SSSR count). The molecular formula is C41H46Cl2N4O2. The van der Waals surface area contributed by atoms with Crippen LogP contribution in [0.3, 0.4) is 0 Å². The molecular weight excluding hydrogens is 651 g/mol. The zero-order valence-electron chi connectivity index (χ0n) is 28.0. The number of nitrogens with zero attached hydrogens (tertiary/aromatic N) is 2. The number of nitrogens with two attached hydrogens (primary N) is 1. The maximum Gasteiger partial charge on any atom is 0.251 e. The van der Waals surface area contributed by atoms with Crippen molar-refractivity contribution in [2.24, 2.45) is 5.73 Å². The Kier molecular flexibility index (Phi) is 13.8. The highest BCUT2D eigenvalue weighted by Gasteiger charge is 2.32. The molecule has 5 aromatic rings. The molecule has 1 fully saturated rings. The molecule has 0 aromatic heterocycles. The van der Waals surface area contributed by atoms with E-state index in [4.69, 9.17) is 5.73 Å². The molecule has 256 valence electrons. The number of amides is 2. The molecule has 1 heterocycles. The largest absolute Gasteiger partial charge is 0.351 e. The Bertz CT molecular complexity index is 1830. The SMILES string of the molecule is CC(c1cccc(-c2ccccc2C(=O)NCCN)c1)N(C(=O)Cc1ccc2ccccc2c1)C1CCN(Cc2ccccc2)CC1.Cl.Cl. The van der Waals surface area contributed by atoms with Crippen molar-refractivity contribution in [1.29, 1.82) is 0 Å². The van der Waals surface area contributed by atoms with Gasteiger partial charge in [-0.3, -0.25) is 14.5 Å². The van der Waals surface area contributed by atoms with Crippen LogP contribution in [0.2, 0.25) is 0 Å². The summed E-state index contributed by atoms with van der Waals surface area (Å²) in [4.78, 5) is 32.0.